The summed E-state index contributed by atoms with van der Waals surface area (Å²) in [4.78, 5) is 5.88. The zero-order valence-electron chi connectivity index (χ0n) is 11.6. The van der Waals surface area contributed by atoms with E-state index in [1.165, 1.54) is 0 Å². The number of hydrogen-bond donors (Lipinski definition) is 1. The number of hydrogen-bond acceptors (Lipinski definition) is 3. The fourth-order valence-electron chi connectivity index (χ4n) is 1.77. The van der Waals surface area contributed by atoms with E-state index in [1.807, 2.05) is 18.7 Å². The first-order valence-corrected chi connectivity index (χ1v) is 6.17. The molecule has 1 rings (SSSR count). The van der Waals surface area contributed by atoms with Crippen LogP contribution < -0.4 is 10.2 Å². The SMILES string of the molecule is CNc1nc(N(CC(C)C)C(C)C)c(F)cc1F. The van der Waals surface area contributed by atoms with Gasteiger partial charge in [0.05, 0.1) is 0 Å². The van der Waals surface area contributed by atoms with Gasteiger partial charge in [-0.05, 0) is 19.8 Å². The van der Waals surface area contributed by atoms with E-state index in [0.717, 1.165) is 6.07 Å². The van der Waals surface area contributed by atoms with Gasteiger partial charge in [0.25, 0.3) is 0 Å². The number of nitrogens with one attached hydrogen (secondary N) is 1. The van der Waals surface area contributed by atoms with Gasteiger partial charge in [-0.25, -0.2) is 13.8 Å². The Balaban J connectivity index is 3.18. The average Bonchev–Trinajstić information content (AvgIpc) is 2.26. The average molecular weight is 257 g/mol. The highest BCUT2D eigenvalue weighted by Gasteiger charge is 2.20. The predicted octanol–water partition coefficient (Wildman–Crippen LogP) is 3.27. The Morgan fingerprint density at radius 1 is 1.22 bits per heavy atom. The van der Waals surface area contributed by atoms with Crippen LogP contribution in [-0.2, 0) is 0 Å². The van der Waals surface area contributed by atoms with Crippen LogP contribution in [0.25, 0.3) is 0 Å². The van der Waals surface area contributed by atoms with Gasteiger partial charge in [-0.3, -0.25) is 0 Å². The van der Waals surface area contributed by atoms with E-state index < -0.39 is 11.6 Å². The molecule has 0 saturated heterocycles. The predicted molar refractivity (Wildman–Crippen MR) is 71.0 cm³/mol. The summed E-state index contributed by atoms with van der Waals surface area (Å²) in [7, 11) is 1.56. The number of pyridine rings is 1. The summed E-state index contributed by atoms with van der Waals surface area (Å²) >= 11 is 0. The van der Waals surface area contributed by atoms with Crippen LogP contribution in [0.4, 0.5) is 20.4 Å². The van der Waals surface area contributed by atoms with Crippen molar-refractivity contribution in [3.63, 3.8) is 0 Å². The lowest BCUT2D eigenvalue weighted by atomic mass is 10.1. The Bertz CT molecular complexity index is 405. The molecule has 0 amide bonds. The second-order valence-corrected chi connectivity index (χ2v) is 5.01. The van der Waals surface area contributed by atoms with Gasteiger partial charge in [0.1, 0.15) is 0 Å². The van der Waals surface area contributed by atoms with Gasteiger partial charge < -0.3 is 10.2 Å². The first kappa shape index (κ1) is 14.7. The van der Waals surface area contributed by atoms with E-state index in [1.54, 1.807) is 7.05 Å². The van der Waals surface area contributed by atoms with Crippen LogP contribution in [0.5, 0.6) is 0 Å². The number of anilines is 2. The fraction of sp³-hybridized carbons (Fsp3) is 0.615. The third-order valence-electron chi connectivity index (χ3n) is 2.61. The van der Waals surface area contributed by atoms with Crippen molar-refractivity contribution in [1.82, 2.24) is 4.98 Å². The van der Waals surface area contributed by atoms with Crippen molar-refractivity contribution in [2.75, 3.05) is 23.8 Å². The second-order valence-electron chi connectivity index (χ2n) is 5.01. The molecule has 1 aromatic heterocycles. The molecule has 102 valence electrons. The van der Waals surface area contributed by atoms with Crippen LogP contribution in [0.2, 0.25) is 0 Å². The van der Waals surface area contributed by atoms with Crippen molar-refractivity contribution >= 4 is 11.6 Å². The largest absolute Gasteiger partial charge is 0.371 e. The van der Waals surface area contributed by atoms with Crippen molar-refractivity contribution in [3.05, 3.63) is 17.7 Å². The normalized spacial score (nSPS) is 11.2. The number of halogens is 2. The molecule has 0 fully saturated rings. The lowest BCUT2D eigenvalue weighted by molar-refractivity contribution is 0.532. The van der Waals surface area contributed by atoms with Gasteiger partial charge >= 0.3 is 0 Å². The Morgan fingerprint density at radius 2 is 1.83 bits per heavy atom. The molecule has 0 radical (unpaired) electrons. The van der Waals surface area contributed by atoms with Gasteiger partial charge in [-0.1, -0.05) is 13.8 Å². The minimum Gasteiger partial charge on any atom is -0.371 e. The standard InChI is InChI=1S/C13H21F2N3/c1-8(2)7-18(9(3)4)13-11(15)6-10(14)12(16-5)17-13/h6,8-9H,7H2,1-5H3,(H,16,17). The molecule has 0 aromatic carbocycles. The summed E-state index contributed by atoms with van der Waals surface area (Å²) in [6.07, 6.45) is 0. The van der Waals surface area contributed by atoms with E-state index in [4.69, 9.17) is 0 Å². The van der Waals surface area contributed by atoms with Gasteiger partial charge in [0.15, 0.2) is 23.3 Å². The van der Waals surface area contributed by atoms with E-state index in [9.17, 15) is 8.78 Å². The zero-order chi connectivity index (χ0) is 13.9. The Hall–Kier alpha value is -1.39. The molecular weight excluding hydrogens is 236 g/mol. The maximum Gasteiger partial charge on any atom is 0.168 e. The first-order valence-electron chi connectivity index (χ1n) is 6.17. The molecule has 3 nitrogen and oxygen atoms in total. The fourth-order valence-corrected chi connectivity index (χ4v) is 1.77. The second kappa shape index (κ2) is 5.98. The maximum absolute atomic E-state index is 13.9. The monoisotopic (exact) mass is 257 g/mol. The number of aromatic nitrogens is 1. The lowest BCUT2D eigenvalue weighted by Crippen LogP contribution is -2.35. The summed E-state index contributed by atoms with van der Waals surface area (Å²) in [5.74, 6) is -0.658. The number of rotatable bonds is 5. The summed E-state index contributed by atoms with van der Waals surface area (Å²) in [5.41, 5.74) is 0. The van der Waals surface area contributed by atoms with E-state index in [2.05, 4.69) is 24.1 Å². The Morgan fingerprint density at radius 3 is 2.28 bits per heavy atom. The molecule has 1 aromatic rings. The van der Waals surface area contributed by atoms with Gasteiger partial charge in [0.2, 0.25) is 0 Å². The summed E-state index contributed by atoms with van der Waals surface area (Å²) in [6, 6.07) is 0.980. The third kappa shape index (κ3) is 3.31. The molecule has 0 spiro atoms. The summed E-state index contributed by atoms with van der Waals surface area (Å²) in [5, 5.41) is 2.63. The van der Waals surface area contributed by atoms with Gasteiger partial charge in [-0.2, -0.15) is 0 Å². The molecule has 0 bridgehead atoms. The van der Waals surface area contributed by atoms with Crippen molar-refractivity contribution in [2.24, 2.45) is 5.92 Å². The molecule has 0 unspecified atom stereocenters. The van der Waals surface area contributed by atoms with Crippen LogP contribution >= 0.6 is 0 Å². The van der Waals surface area contributed by atoms with Crippen LogP contribution in [0.3, 0.4) is 0 Å². The molecule has 1 heterocycles. The van der Waals surface area contributed by atoms with Crippen molar-refractivity contribution < 1.29 is 8.78 Å². The Kier molecular flexibility index (Phi) is 4.87. The van der Waals surface area contributed by atoms with Crippen LogP contribution in [-0.4, -0.2) is 24.6 Å². The van der Waals surface area contributed by atoms with Crippen molar-refractivity contribution in [2.45, 2.75) is 33.7 Å². The van der Waals surface area contributed by atoms with Crippen molar-refractivity contribution in [1.29, 1.82) is 0 Å². The molecule has 0 aliphatic heterocycles. The molecule has 0 aliphatic carbocycles. The minimum atomic E-state index is -0.674. The lowest BCUT2D eigenvalue weighted by Gasteiger charge is -2.30. The molecule has 18 heavy (non-hydrogen) atoms. The highest BCUT2D eigenvalue weighted by Crippen LogP contribution is 2.24. The number of nitrogens with zero attached hydrogens (tertiary/aromatic N) is 2. The minimum absolute atomic E-state index is 0.0702. The van der Waals surface area contributed by atoms with E-state index >= 15 is 0 Å². The topological polar surface area (TPSA) is 28.2 Å². The first-order chi connectivity index (χ1) is 8.36. The zero-order valence-corrected chi connectivity index (χ0v) is 11.6. The molecular formula is C13H21F2N3. The van der Waals surface area contributed by atoms with Crippen LogP contribution in [0, 0.1) is 17.6 Å². The van der Waals surface area contributed by atoms with E-state index in [-0.39, 0.29) is 17.7 Å². The quantitative estimate of drug-likeness (QED) is 0.877. The van der Waals surface area contributed by atoms with E-state index in [0.29, 0.717) is 12.5 Å². The molecule has 0 aliphatic rings. The molecule has 5 heteroatoms. The summed E-state index contributed by atoms with van der Waals surface area (Å²) in [6.45, 7) is 8.71. The van der Waals surface area contributed by atoms with Gasteiger partial charge in [-0.15, -0.1) is 0 Å². The van der Waals surface area contributed by atoms with Crippen LogP contribution in [0.15, 0.2) is 6.07 Å². The van der Waals surface area contributed by atoms with Crippen molar-refractivity contribution in [3.8, 4) is 0 Å². The highest BCUT2D eigenvalue weighted by molar-refractivity contribution is 5.49. The van der Waals surface area contributed by atoms with Crippen LogP contribution in [0.1, 0.15) is 27.7 Å². The molecule has 0 atom stereocenters. The third-order valence-corrected chi connectivity index (χ3v) is 2.61. The van der Waals surface area contributed by atoms with Gasteiger partial charge in [0, 0.05) is 25.7 Å². The smallest absolute Gasteiger partial charge is 0.168 e. The molecule has 0 saturated carbocycles. The Labute approximate surface area is 107 Å². The molecule has 1 N–H and O–H groups in total. The maximum atomic E-state index is 13.9. The summed E-state index contributed by atoms with van der Waals surface area (Å²) < 4.78 is 27.2. The highest BCUT2D eigenvalue weighted by atomic mass is 19.1.